The monoisotopic (exact) mass is 250 g/mol. The maximum absolute atomic E-state index is 9.23. The van der Waals surface area contributed by atoms with Crippen molar-refractivity contribution in [3.63, 3.8) is 0 Å². The number of nitrogens with zero attached hydrogens (tertiary/aromatic N) is 3. The van der Waals surface area contributed by atoms with Crippen LogP contribution >= 0.6 is 0 Å². The first kappa shape index (κ1) is 12.1. The second-order valence-electron chi connectivity index (χ2n) is 5.47. The van der Waals surface area contributed by atoms with E-state index >= 15 is 0 Å². The Morgan fingerprint density at radius 1 is 1.33 bits per heavy atom. The van der Waals surface area contributed by atoms with Crippen molar-refractivity contribution in [2.24, 2.45) is 5.73 Å². The van der Waals surface area contributed by atoms with Crippen molar-refractivity contribution in [1.29, 1.82) is 0 Å². The Hall–Kier alpha value is -0.910. The molecule has 0 bridgehead atoms. The molecule has 3 rings (SSSR count). The van der Waals surface area contributed by atoms with Crippen LogP contribution in [0.3, 0.4) is 0 Å². The van der Waals surface area contributed by atoms with E-state index in [4.69, 9.17) is 5.73 Å². The molecule has 5 nitrogen and oxygen atoms in total. The summed E-state index contributed by atoms with van der Waals surface area (Å²) in [6.07, 6.45) is 8.78. The Morgan fingerprint density at radius 3 is 3.06 bits per heavy atom. The molecule has 2 fully saturated rings. The molecule has 1 aromatic heterocycles. The zero-order valence-corrected chi connectivity index (χ0v) is 10.7. The van der Waals surface area contributed by atoms with Crippen LogP contribution in [0.15, 0.2) is 12.5 Å². The molecular formula is C13H22N4O. The van der Waals surface area contributed by atoms with Gasteiger partial charge in [-0.3, -0.25) is 4.90 Å². The number of aliphatic hydroxyl groups is 1. The summed E-state index contributed by atoms with van der Waals surface area (Å²) < 4.78 is 2.21. The minimum atomic E-state index is -0.315. The molecule has 3 N–H and O–H groups in total. The molecule has 0 aromatic carbocycles. The molecule has 0 amide bonds. The molecule has 3 atom stereocenters. The average molecular weight is 250 g/mol. The van der Waals surface area contributed by atoms with Crippen LogP contribution in [0.1, 0.15) is 43.5 Å². The molecule has 2 aliphatic rings. The maximum atomic E-state index is 9.23. The molecule has 0 aliphatic carbocycles. The standard InChI is InChI=1S/C13H22N4O/c14-10(8-18)13-7-15-9-17(13)12-4-6-16-5-2-1-3-11(12)16/h7,9-12,18H,1-6,8,14H2. The van der Waals surface area contributed by atoms with Crippen LogP contribution in [0.25, 0.3) is 0 Å². The van der Waals surface area contributed by atoms with Gasteiger partial charge in [0.15, 0.2) is 0 Å². The van der Waals surface area contributed by atoms with Gasteiger partial charge in [-0.15, -0.1) is 0 Å². The number of imidazole rings is 1. The quantitative estimate of drug-likeness (QED) is 0.827. The van der Waals surface area contributed by atoms with Gasteiger partial charge >= 0.3 is 0 Å². The fraction of sp³-hybridized carbons (Fsp3) is 0.769. The van der Waals surface area contributed by atoms with Gasteiger partial charge in [-0.1, -0.05) is 6.42 Å². The van der Waals surface area contributed by atoms with E-state index in [1.54, 1.807) is 6.20 Å². The summed E-state index contributed by atoms with van der Waals surface area (Å²) in [4.78, 5) is 6.83. The molecule has 1 aromatic rings. The number of aromatic nitrogens is 2. The summed E-state index contributed by atoms with van der Waals surface area (Å²) in [6.45, 7) is 2.39. The number of hydrogen-bond donors (Lipinski definition) is 2. The van der Waals surface area contributed by atoms with Crippen LogP contribution < -0.4 is 5.73 Å². The zero-order chi connectivity index (χ0) is 12.5. The topological polar surface area (TPSA) is 67.3 Å². The number of piperidine rings is 1. The van der Waals surface area contributed by atoms with Crippen LogP contribution in [0.2, 0.25) is 0 Å². The van der Waals surface area contributed by atoms with E-state index in [2.05, 4.69) is 14.5 Å². The van der Waals surface area contributed by atoms with E-state index < -0.39 is 0 Å². The number of hydrogen-bond acceptors (Lipinski definition) is 4. The first-order valence-electron chi connectivity index (χ1n) is 6.93. The Kier molecular flexibility index (Phi) is 3.37. The van der Waals surface area contributed by atoms with E-state index in [0.29, 0.717) is 12.1 Å². The summed E-state index contributed by atoms with van der Waals surface area (Å²) >= 11 is 0. The molecule has 3 unspecified atom stereocenters. The molecular weight excluding hydrogens is 228 g/mol. The van der Waals surface area contributed by atoms with Crippen molar-refractivity contribution in [1.82, 2.24) is 14.5 Å². The molecule has 5 heteroatoms. The molecule has 3 heterocycles. The predicted molar refractivity (Wildman–Crippen MR) is 69.1 cm³/mol. The van der Waals surface area contributed by atoms with Crippen molar-refractivity contribution in [2.75, 3.05) is 19.7 Å². The van der Waals surface area contributed by atoms with Crippen molar-refractivity contribution < 1.29 is 5.11 Å². The van der Waals surface area contributed by atoms with Gasteiger partial charge in [0.2, 0.25) is 0 Å². The second kappa shape index (κ2) is 4.99. The molecule has 100 valence electrons. The van der Waals surface area contributed by atoms with E-state index in [0.717, 1.165) is 5.69 Å². The third kappa shape index (κ3) is 1.96. The van der Waals surface area contributed by atoms with Gasteiger partial charge in [0.25, 0.3) is 0 Å². The molecule has 2 aliphatic heterocycles. The number of aliphatic hydroxyl groups excluding tert-OH is 1. The lowest BCUT2D eigenvalue weighted by Crippen LogP contribution is -2.38. The van der Waals surface area contributed by atoms with E-state index in [1.807, 2.05) is 6.33 Å². The van der Waals surface area contributed by atoms with Crippen molar-refractivity contribution in [3.05, 3.63) is 18.2 Å². The number of rotatable bonds is 3. The van der Waals surface area contributed by atoms with Gasteiger partial charge in [0.1, 0.15) is 0 Å². The lowest BCUT2D eigenvalue weighted by Gasteiger charge is -2.33. The van der Waals surface area contributed by atoms with Crippen LogP contribution in [0.5, 0.6) is 0 Å². The summed E-state index contributed by atoms with van der Waals surface area (Å²) in [7, 11) is 0. The SMILES string of the molecule is NC(CO)c1cncn1C1CCN2CCCCC12. The van der Waals surface area contributed by atoms with E-state index in [-0.39, 0.29) is 12.6 Å². The maximum Gasteiger partial charge on any atom is 0.0951 e. The lowest BCUT2D eigenvalue weighted by molar-refractivity contribution is 0.171. The van der Waals surface area contributed by atoms with Crippen LogP contribution in [-0.4, -0.2) is 45.3 Å². The highest BCUT2D eigenvalue weighted by molar-refractivity contribution is 5.09. The lowest BCUT2D eigenvalue weighted by atomic mass is 9.98. The fourth-order valence-corrected chi connectivity index (χ4v) is 3.52. The fourth-order valence-electron chi connectivity index (χ4n) is 3.52. The average Bonchev–Trinajstić information content (AvgIpc) is 3.03. The Balaban J connectivity index is 1.84. The summed E-state index contributed by atoms with van der Waals surface area (Å²) in [5.74, 6) is 0. The Bertz CT molecular complexity index is 405. The highest BCUT2D eigenvalue weighted by Crippen LogP contribution is 2.36. The first-order valence-corrected chi connectivity index (χ1v) is 6.93. The van der Waals surface area contributed by atoms with E-state index in [9.17, 15) is 5.11 Å². The summed E-state index contributed by atoms with van der Waals surface area (Å²) in [6, 6.07) is 0.808. The zero-order valence-electron chi connectivity index (χ0n) is 10.7. The molecule has 0 spiro atoms. The van der Waals surface area contributed by atoms with Gasteiger partial charge in [0, 0.05) is 18.8 Å². The van der Waals surface area contributed by atoms with Crippen LogP contribution in [0, 0.1) is 0 Å². The minimum Gasteiger partial charge on any atom is -0.394 e. The van der Waals surface area contributed by atoms with Gasteiger partial charge in [0.05, 0.1) is 30.7 Å². The largest absolute Gasteiger partial charge is 0.394 e. The van der Waals surface area contributed by atoms with Gasteiger partial charge in [-0.05, 0) is 25.8 Å². The Labute approximate surface area is 108 Å². The summed E-state index contributed by atoms with van der Waals surface area (Å²) in [5.41, 5.74) is 6.92. The normalized spacial score (nSPS) is 30.3. The second-order valence-corrected chi connectivity index (χ2v) is 5.47. The van der Waals surface area contributed by atoms with Gasteiger partial charge < -0.3 is 15.4 Å². The van der Waals surface area contributed by atoms with Crippen molar-refractivity contribution >= 4 is 0 Å². The number of nitrogens with two attached hydrogens (primary N) is 1. The Morgan fingerprint density at radius 2 is 2.22 bits per heavy atom. The first-order chi connectivity index (χ1) is 8.81. The predicted octanol–water partition coefficient (Wildman–Crippen LogP) is 0.674. The number of fused-ring (bicyclic) bond motifs is 1. The van der Waals surface area contributed by atoms with Gasteiger partial charge in [-0.25, -0.2) is 4.98 Å². The van der Waals surface area contributed by atoms with Crippen molar-refractivity contribution in [2.45, 2.75) is 43.8 Å². The van der Waals surface area contributed by atoms with Crippen LogP contribution in [-0.2, 0) is 0 Å². The third-order valence-corrected chi connectivity index (χ3v) is 4.45. The molecule has 0 radical (unpaired) electrons. The summed E-state index contributed by atoms with van der Waals surface area (Å²) in [5, 5.41) is 9.23. The minimum absolute atomic E-state index is 0.0210. The van der Waals surface area contributed by atoms with Crippen LogP contribution in [0.4, 0.5) is 0 Å². The highest BCUT2D eigenvalue weighted by atomic mass is 16.3. The highest BCUT2D eigenvalue weighted by Gasteiger charge is 2.37. The molecule has 2 saturated heterocycles. The smallest absolute Gasteiger partial charge is 0.0951 e. The molecule has 0 saturated carbocycles. The van der Waals surface area contributed by atoms with Crippen molar-refractivity contribution in [3.8, 4) is 0 Å². The third-order valence-electron chi connectivity index (χ3n) is 4.45. The van der Waals surface area contributed by atoms with E-state index in [1.165, 1.54) is 38.8 Å². The molecule has 18 heavy (non-hydrogen) atoms. The van der Waals surface area contributed by atoms with Gasteiger partial charge in [-0.2, -0.15) is 0 Å².